The molecule has 0 unspecified atom stereocenters. The van der Waals surface area contributed by atoms with Gasteiger partial charge in [0.05, 0.1) is 48.6 Å². The summed E-state index contributed by atoms with van der Waals surface area (Å²) in [5.74, 6) is -0.890. The Labute approximate surface area is 279 Å². The van der Waals surface area contributed by atoms with Crippen LogP contribution in [-0.4, -0.2) is 77.0 Å². The van der Waals surface area contributed by atoms with Gasteiger partial charge in [0.2, 0.25) is 5.95 Å². The molecule has 3 fully saturated rings. The molecule has 1 aromatic carbocycles. The number of carbonyl (C=O) groups is 1. The second kappa shape index (κ2) is 11.5. The van der Waals surface area contributed by atoms with Gasteiger partial charge in [0.25, 0.3) is 0 Å². The molecule has 8 rings (SSSR count). The molecular weight excluding hydrogens is 640 g/mol. The summed E-state index contributed by atoms with van der Waals surface area (Å²) >= 11 is 0.871. The Kier molecular flexibility index (Phi) is 7.52. The molecule has 1 amide bonds. The first-order valence-electron chi connectivity index (χ1n) is 16.2. The van der Waals surface area contributed by atoms with Crippen LogP contribution in [0, 0.1) is 28.4 Å². The van der Waals surface area contributed by atoms with Crippen LogP contribution < -0.4 is 10.2 Å². The first-order chi connectivity index (χ1) is 23.0. The van der Waals surface area contributed by atoms with Crippen LogP contribution in [0.25, 0.3) is 32.2 Å². The molecule has 0 radical (unpaired) electrons. The van der Waals surface area contributed by atoms with E-state index in [2.05, 4.69) is 31.2 Å². The smallest absolute Gasteiger partial charge is 0.412 e. The van der Waals surface area contributed by atoms with Crippen molar-refractivity contribution < 1.29 is 27.8 Å². The number of hydrogen-bond donors (Lipinski definition) is 1. The Morgan fingerprint density at radius 2 is 1.90 bits per heavy atom. The van der Waals surface area contributed by atoms with Gasteiger partial charge in [-0.1, -0.05) is 0 Å². The lowest BCUT2D eigenvalue weighted by Gasteiger charge is -2.48. The van der Waals surface area contributed by atoms with Crippen LogP contribution >= 0.6 is 11.3 Å². The number of pyridine rings is 1. The Morgan fingerprint density at radius 1 is 1.12 bits per heavy atom. The summed E-state index contributed by atoms with van der Waals surface area (Å²) in [5.41, 5.74) is 1.13. The SMILES string of the molecule is CC(C)(C)OC(=O)Nc1sc2c(F)cnc(-c3c4c(c5cnc(N6CC[C@@H](N7CCC8(CC7)COC8)C6)nc5c3F)COC4)c2c1C#N. The van der Waals surface area contributed by atoms with Crippen molar-refractivity contribution in [1.82, 2.24) is 19.9 Å². The highest BCUT2D eigenvalue weighted by atomic mass is 32.1. The highest BCUT2D eigenvalue weighted by Gasteiger charge is 2.43. The topological polar surface area (TPSA) is 126 Å². The normalized spacial score (nSPS) is 20.7. The number of carbonyl (C=O) groups excluding carboxylic acids is 1. The Balaban J connectivity index is 1.17. The van der Waals surface area contributed by atoms with Crippen LogP contribution in [0.1, 0.15) is 56.7 Å². The predicted molar refractivity (Wildman–Crippen MR) is 176 cm³/mol. The predicted octanol–water partition coefficient (Wildman–Crippen LogP) is 6.12. The standard InChI is InChI=1S/C34H35F2N7O4S/c1-33(2,3)47-32(44)41-30-19(10-37)25-28(38-12-23(35)29(25)48-30)24-22-15-45-14-21(22)20-11-39-31(40-27(20)26(24)36)43-7-4-18(13-43)42-8-5-34(6-9-42)16-46-17-34/h11-12,18H,4-9,13-17H2,1-3H3,(H,41,44)/t18-/m1/s1. The van der Waals surface area contributed by atoms with Gasteiger partial charge in [0.15, 0.2) is 11.6 Å². The number of nitrogens with zero attached hydrogens (tertiary/aromatic N) is 6. The van der Waals surface area contributed by atoms with Crippen LogP contribution in [0.2, 0.25) is 0 Å². The molecule has 3 saturated heterocycles. The minimum atomic E-state index is -0.794. The van der Waals surface area contributed by atoms with Gasteiger partial charge in [0.1, 0.15) is 22.2 Å². The van der Waals surface area contributed by atoms with E-state index in [4.69, 9.17) is 19.2 Å². The summed E-state index contributed by atoms with van der Waals surface area (Å²) in [4.78, 5) is 31.1. The number of piperidine rings is 1. The molecule has 0 aliphatic carbocycles. The van der Waals surface area contributed by atoms with Gasteiger partial charge in [-0.3, -0.25) is 15.2 Å². The summed E-state index contributed by atoms with van der Waals surface area (Å²) < 4.78 is 48.9. The average Bonchev–Trinajstić information content (AvgIpc) is 3.80. The number of amides is 1. The zero-order chi connectivity index (χ0) is 33.4. The quantitative estimate of drug-likeness (QED) is 0.270. The lowest BCUT2D eigenvalue weighted by atomic mass is 9.76. The number of ether oxygens (including phenoxy) is 3. The molecule has 1 spiro atoms. The number of rotatable bonds is 4. The van der Waals surface area contributed by atoms with Crippen molar-refractivity contribution in [2.24, 2.45) is 5.41 Å². The number of nitriles is 1. The van der Waals surface area contributed by atoms with Gasteiger partial charge in [-0.05, 0) is 64.3 Å². The van der Waals surface area contributed by atoms with Crippen molar-refractivity contribution in [1.29, 1.82) is 5.26 Å². The Morgan fingerprint density at radius 3 is 2.60 bits per heavy atom. The Bertz CT molecular complexity index is 2010. The number of hydrogen-bond acceptors (Lipinski definition) is 11. The van der Waals surface area contributed by atoms with Gasteiger partial charge >= 0.3 is 6.09 Å². The lowest BCUT2D eigenvalue weighted by Crippen LogP contribution is -2.53. The molecule has 48 heavy (non-hydrogen) atoms. The van der Waals surface area contributed by atoms with E-state index in [0.29, 0.717) is 28.4 Å². The lowest BCUT2D eigenvalue weighted by molar-refractivity contribution is -0.142. The molecule has 4 aromatic rings. The van der Waals surface area contributed by atoms with Crippen molar-refractivity contribution in [2.75, 3.05) is 49.6 Å². The van der Waals surface area contributed by atoms with Gasteiger partial charge in [-0.2, -0.15) is 5.26 Å². The van der Waals surface area contributed by atoms with Crippen LogP contribution in [0.15, 0.2) is 12.4 Å². The maximum atomic E-state index is 16.9. The number of halogens is 2. The number of fused-ring (bicyclic) bond motifs is 4. The summed E-state index contributed by atoms with van der Waals surface area (Å²) in [7, 11) is 0. The first-order valence-corrected chi connectivity index (χ1v) is 17.0. The molecule has 4 aliphatic heterocycles. The number of thiophene rings is 1. The van der Waals surface area contributed by atoms with Gasteiger partial charge < -0.3 is 19.1 Å². The van der Waals surface area contributed by atoms with Crippen molar-refractivity contribution in [3.63, 3.8) is 0 Å². The summed E-state index contributed by atoms with van der Waals surface area (Å²) in [5, 5.41) is 13.5. The van der Waals surface area contributed by atoms with Crippen molar-refractivity contribution in [3.05, 3.63) is 40.7 Å². The number of likely N-dealkylation sites (tertiary alicyclic amines) is 1. The molecule has 250 valence electrons. The maximum Gasteiger partial charge on any atom is 0.412 e. The van der Waals surface area contributed by atoms with Gasteiger partial charge in [-0.15, -0.1) is 11.3 Å². The van der Waals surface area contributed by atoms with E-state index in [1.165, 1.54) is 0 Å². The molecule has 0 bridgehead atoms. The third-order valence-corrected chi connectivity index (χ3v) is 11.1. The molecule has 14 heteroatoms. The van der Waals surface area contributed by atoms with Crippen LogP contribution in [0.3, 0.4) is 0 Å². The molecule has 11 nitrogen and oxygen atoms in total. The van der Waals surface area contributed by atoms with E-state index in [9.17, 15) is 10.1 Å². The number of nitrogens with one attached hydrogen (secondary N) is 1. The van der Waals surface area contributed by atoms with E-state index in [-0.39, 0.29) is 50.6 Å². The fourth-order valence-corrected chi connectivity index (χ4v) is 8.46. The van der Waals surface area contributed by atoms with Crippen molar-refractivity contribution >= 4 is 49.4 Å². The fourth-order valence-electron chi connectivity index (χ4n) is 7.42. The van der Waals surface area contributed by atoms with Crippen LogP contribution in [0.4, 0.5) is 24.5 Å². The average molecular weight is 676 g/mol. The van der Waals surface area contributed by atoms with Crippen molar-refractivity contribution in [3.8, 4) is 17.3 Å². The highest BCUT2D eigenvalue weighted by molar-refractivity contribution is 7.23. The summed E-state index contributed by atoms with van der Waals surface area (Å²) in [6.07, 6.45) is 5.15. The second-order valence-electron chi connectivity index (χ2n) is 14.2. The molecule has 4 aliphatic rings. The number of anilines is 2. The van der Waals surface area contributed by atoms with Gasteiger partial charge in [0, 0.05) is 47.1 Å². The molecule has 0 saturated carbocycles. The van der Waals surface area contributed by atoms with Crippen LogP contribution in [-0.2, 0) is 27.4 Å². The first kappa shape index (κ1) is 31.3. The zero-order valence-electron chi connectivity index (χ0n) is 27.0. The minimum absolute atomic E-state index is 0.0324. The Hall–Kier alpha value is -4.03. The molecule has 7 heterocycles. The van der Waals surface area contributed by atoms with E-state index in [0.717, 1.165) is 81.8 Å². The highest BCUT2D eigenvalue weighted by Crippen LogP contribution is 2.46. The third kappa shape index (κ3) is 5.24. The third-order valence-electron chi connectivity index (χ3n) is 9.96. The van der Waals surface area contributed by atoms with E-state index in [1.807, 2.05) is 0 Å². The molecular formula is C34H35F2N7O4S. The fraction of sp³-hybridized carbons (Fsp3) is 0.500. The molecule has 1 atom stereocenters. The molecule has 1 N–H and O–H groups in total. The number of aromatic nitrogens is 3. The largest absolute Gasteiger partial charge is 0.444 e. The monoisotopic (exact) mass is 675 g/mol. The maximum absolute atomic E-state index is 16.9. The summed E-state index contributed by atoms with van der Waals surface area (Å²) in [6, 6.07) is 2.45. The van der Waals surface area contributed by atoms with E-state index < -0.39 is 23.3 Å². The van der Waals surface area contributed by atoms with Crippen LogP contribution in [0.5, 0.6) is 0 Å². The zero-order valence-corrected chi connectivity index (χ0v) is 27.8. The van der Waals surface area contributed by atoms with Gasteiger partial charge in [-0.25, -0.2) is 23.5 Å². The molecule has 3 aromatic heterocycles. The number of benzene rings is 1. The minimum Gasteiger partial charge on any atom is -0.444 e. The summed E-state index contributed by atoms with van der Waals surface area (Å²) in [6.45, 7) is 10.8. The van der Waals surface area contributed by atoms with E-state index >= 15 is 8.78 Å². The van der Waals surface area contributed by atoms with Crippen molar-refractivity contribution in [2.45, 2.75) is 64.9 Å². The second-order valence-corrected chi connectivity index (χ2v) is 15.2. The van der Waals surface area contributed by atoms with E-state index in [1.54, 1.807) is 27.0 Å².